The summed E-state index contributed by atoms with van der Waals surface area (Å²) in [7, 11) is 0. The van der Waals surface area contributed by atoms with Crippen molar-refractivity contribution in [1.29, 1.82) is 0 Å². The molecule has 3 aromatic rings. The predicted molar refractivity (Wildman–Crippen MR) is 134 cm³/mol. The van der Waals surface area contributed by atoms with Gasteiger partial charge in [-0.05, 0) is 36.3 Å². The molecule has 2 aromatic carbocycles. The van der Waals surface area contributed by atoms with Crippen LogP contribution in [0.3, 0.4) is 0 Å². The van der Waals surface area contributed by atoms with E-state index in [-0.39, 0.29) is 13.0 Å². The Labute approximate surface area is 211 Å². The maximum Gasteiger partial charge on any atom is 0.338 e. The van der Waals surface area contributed by atoms with Crippen LogP contribution in [0.25, 0.3) is 5.57 Å². The fourth-order valence-electron chi connectivity index (χ4n) is 4.32. The van der Waals surface area contributed by atoms with Gasteiger partial charge in [-0.2, -0.15) is 0 Å². The van der Waals surface area contributed by atoms with Crippen LogP contribution in [0.5, 0.6) is 0 Å². The average molecular weight is 501 g/mol. The Balaban J connectivity index is 1.38. The lowest BCUT2D eigenvalue weighted by Crippen LogP contribution is -2.34. The third-order valence-corrected chi connectivity index (χ3v) is 6.23. The molecule has 9 nitrogen and oxygen atoms in total. The van der Waals surface area contributed by atoms with Crippen molar-refractivity contribution in [2.24, 2.45) is 0 Å². The number of aromatic nitrogens is 2. The maximum atomic E-state index is 12.8. The second-order valence-electron chi connectivity index (χ2n) is 8.67. The smallest absolute Gasteiger partial charge is 0.338 e. The van der Waals surface area contributed by atoms with E-state index in [4.69, 9.17) is 14.2 Å². The van der Waals surface area contributed by atoms with Crippen LogP contribution in [-0.4, -0.2) is 40.3 Å². The molecular weight excluding hydrogens is 476 g/mol. The molecule has 0 radical (unpaired) electrons. The molecule has 0 bridgehead atoms. The van der Waals surface area contributed by atoms with Gasteiger partial charge in [0.05, 0.1) is 16.7 Å². The minimum absolute atomic E-state index is 0.120. The summed E-state index contributed by atoms with van der Waals surface area (Å²) in [4.78, 5) is 52.7. The van der Waals surface area contributed by atoms with E-state index in [9.17, 15) is 19.2 Å². The van der Waals surface area contributed by atoms with Crippen LogP contribution in [0.2, 0.25) is 0 Å². The van der Waals surface area contributed by atoms with Gasteiger partial charge in [-0.1, -0.05) is 54.6 Å². The maximum absolute atomic E-state index is 12.8. The van der Waals surface area contributed by atoms with Crippen LogP contribution >= 0.6 is 0 Å². The lowest BCUT2D eigenvalue weighted by Gasteiger charge is -2.19. The molecule has 188 valence electrons. The summed E-state index contributed by atoms with van der Waals surface area (Å²) in [5, 5.41) is 0. The van der Waals surface area contributed by atoms with Gasteiger partial charge >= 0.3 is 17.6 Å². The number of nitrogens with one attached hydrogen (secondary N) is 1. The summed E-state index contributed by atoms with van der Waals surface area (Å²) in [5.41, 5.74) is 0.707. The average Bonchev–Trinajstić information content (AvgIpc) is 3.59. The Kier molecular flexibility index (Phi) is 6.96. The highest BCUT2D eigenvalue weighted by atomic mass is 16.6. The minimum Gasteiger partial charge on any atom is -0.459 e. The standard InChI is InChI=1S/C28H24N2O7/c31-25-21(18-9-7-8-10-18)16-30(28(34)29-25)24-15-22(37-27(33)20-13-5-2-6-14-20)23(36-24)17-35-26(32)19-11-3-1-4-12-19/h1-9,11-14,16,22-24H,10,15,17H2,(H,29,31,34). The summed E-state index contributed by atoms with van der Waals surface area (Å²) < 4.78 is 18.5. The fraction of sp³-hybridized carbons (Fsp3) is 0.214. The first-order chi connectivity index (χ1) is 18.0. The Bertz CT molecular complexity index is 1470. The molecule has 1 fully saturated rings. The Hall–Kier alpha value is -4.50. The van der Waals surface area contributed by atoms with E-state index in [1.54, 1.807) is 60.7 Å². The fourth-order valence-corrected chi connectivity index (χ4v) is 4.32. The zero-order valence-corrected chi connectivity index (χ0v) is 19.7. The number of hydrogen-bond acceptors (Lipinski definition) is 7. The number of allylic oxidation sites excluding steroid dienone is 4. The lowest BCUT2D eigenvalue weighted by molar-refractivity contribution is -0.0582. The number of H-pyrrole nitrogens is 1. The van der Waals surface area contributed by atoms with Gasteiger partial charge in [0.1, 0.15) is 25.0 Å². The van der Waals surface area contributed by atoms with Gasteiger partial charge in [0.2, 0.25) is 0 Å². The monoisotopic (exact) mass is 500 g/mol. The van der Waals surface area contributed by atoms with Crippen molar-refractivity contribution in [3.8, 4) is 0 Å². The predicted octanol–water partition coefficient (Wildman–Crippen LogP) is 3.25. The molecule has 0 amide bonds. The molecule has 0 saturated carbocycles. The highest BCUT2D eigenvalue weighted by Gasteiger charge is 2.40. The molecule has 1 N–H and O–H groups in total. The number of rotatable bonds is 7. The third-order valence-electron chi connectivity index (χ3n) is 6.23. The van der Waals surface area contributed by atoms with Gasteiger partial charge in [-0.3, -0.25) is 14.3 Å². The highest BCUT2D eigenvalue weighted by molar-refractivity contribution is 5.90. The molecule has 2 aliphatic rings. The van der Waals surface area contributed by atoms with Crippen molar-refractivity contribution in [2.45, 2.75) is 31.3 Å². The van der Waals surface area contributed by atoms with Gasteiger partial charge in [0.15, 0.2) is 0 Å². The number of ether oxygens (including phenoxy) is 3. The second kappa shape index (κ2) is 10.6. The van der Waals surface area contributed by atoms with Crippen LogP contribution in [0.4, 0.5) is 0 Å². The van der Waals surface area contributed by atoms with E-state index in [1.165, 1.54) is 10.8 Å². The molecular formula is C28H24N2O7. The highest BCUT2D eigenvalue weighted by Crippen LogP contribution is 2.31. The normalized spacial score (nSPS) is 20.4. The number of hydrogen-bond donors (Lipinski definition) is 1. The molecule has 1 aromatic heterocycles. The largest absolute Gasteiger partial charge is 0.459 e. The molecule has 5 rings (SSSR count). The van der Waals surface area contributed by atoms with Crippen molar-refractivity contribution in [3.05, 3.63) is 123 Å². The number of esters is 2. The van der Waals surface area contributed by atoms with E-state index < -0.39 is 41.6 Å². The van der Waals surface area contributed by atoms with Gasteiger partial charge < -0.3 is 14.2 Å². The molecule has 0 spiro atoms. The van der Waals surface area contributed by atoms with E-state index in [2.05, 4.69) is 4.98 Å². The topological polar surface area (TPSA) is 117 Å². The van der Waals surface area contributed by atoms with Crippen molar-refractivity contribution < 1.29 is 23.8 Å². The first-order valence-electron chi connectivity index (χ1n) is 11.8. The van der Waals surface area contributed by atoms with E-state index in [0.717, 1.165) is 5.57 Å². The molecule has 2 heterocycles. The van der Waals surface area contributed by atoms with Gasteiger partial charge in [-0.15, -0.1) is 0 Å². The molecule has 1 saturated heterocycles. The quantitative estimate of drug-likeness (QED) is 0.495. The lowest BCUT2D eigenvalue weighted by atomic mass is 10.1. The summed E-state index contributed by atoms with van der Waals surface area (Å²) >= 11 is 0. The van der Waals surface area contributed by atoms with Crippen molar-refractivity contribution >= 4 is 17.5 Å². The van der Waals surface area contributed by atoms with Crippen molar-refractivity contribution in [2.75, 3.05) is 6.61 Å². The van der Waals surface area contributed by atoms with Crippen molar-refractivity contribution in [3.63, 3.8) is 0 Å². The van der Waals surface area contributed by atoms with E-state index in [1.807, 2.05) is 18.2 Å². The first-order valence-corrected chi connectivity index (χ1v) is 11.8. The van der Waals surface area contributed by atoms with Crippen LogP contribution in [0.1, 0.15) is 45.3 Å². The number of nitrogens with zero attached hydrogens (tertiary/aromatic N) is 1. The molecule has 3 unspecified atom stereocenters. The zero-order valence-electron chi connectivity index (χ0n) is 19.7. The van der Waals surface area contributed by atoms with Gasteiger partial charge in [0.25, 0.3) is 5.56 Å². The van der Waals surface area contributed by atoms with Gasteiger partial charge in [0, 0.05) is 12.6 Å². The number of aromatic amines is 1. The molecule has 1 aliphatic heterocycles. The SMILES string of the molecule is O=C(OCC1OC(n2cc(C3=CC=CC3)c(=O)[nH]c2=O)CC1OC(=O)c1ccccc1)c1ccccc1. The number of carbonyl (C=O) groups excluding carboxylic acids is 2. The zero-order chi connectivity index (χ0) is 25.8. The number of benzene rings is 2. The van der Waals surface area contributed by atoms with E-state index in [0.29, 0.717) is 23.1 Å². The Morgan fingerprint density at radius 2 is 1.65 bits per heavy atom. The van der Waals surface area contributed by atoms with Gasteiger partial charge in [-0.25, -0.2) is 14.4 Å². The molecule has 1 aliphatic carbocycles. The summed E-state index contributed by atoms with van der Waals surface area (Å²) in [6, 6.07) is 17.0. The molecule has 37 heavy (non-hydrogen) atoms. The summed E-state index contributed by atoms with van der Waals surface area (Å²) in [6.45, 7) is -0.197. The summed E-state index contributed by atoms with van der Waals surface area (Å²) in [5.74, 6) is -1.11. The molecule has 9 heteroatoms. The number of carbonyl (C=O) groups is 2. The van der Waals surface area contributed by atoms with E-state index >= 15 is 0 Å². The van der Waals surface area contributed by atoms with Crippen molar-refractivity contribution in [1.82, 2.24) is 9.55 Å². The first kappa shape index (κ1) is 24.2. The van der Waals surface area contributed by atoms with Crippen LogP contribution in [-0.2, 0) is 14.2 Å². The third kappa shape index (κ3) is 5.36. The van der Waals surface area contributed by atoms with Crippen LogP contribution < -0.4 is 11.2 Å². The Morgan fingerprint density at radius 1 is 0.973 bits per heavy atom. The summed E-state index contributed by atoms with van der Waals surface area (Å²) in [6.07, 6.45) is 5.21. The minimum atomic E-state index is -0.855. The van der Waals surface area contributed by atoms with Crippen LogP contribution in [0.15, 0.2) is 94.7 Å². The molecule has 3 atom stereocenters. The Morgan fingerprint density at radius 3 is 2.30 bits per heavy atom. The van der Waals surface area contributed by atoms with Crippen LogP contribution in [0, 0.1) is 0 Å². The second-order valence-corrected chi connectivity index (χ2v) is 8.67.